The van der Waals surface area contributed by atoms with E-state index in [2.05, 4.69) is 0 Å². The number of carbonyl (C=O) groups is 1. The molecule has 0 spiro atoms. The molecule has 0 aliphatic carbocycles. The minimum Gasteiger partial charge on any atom is -0.496 e. The quantitative estimate of drug-likeness (QED) is 0.867. The van der Waals surface area contributed by atoms with Crippen LogP contribution >= 0.6 is 0 Å². The highest BCUT2D eigenvalue weighted by Gasteiger charge is 2.16. The van der Waals surface area contributed by atoms with Crippen molar-refractivity contribution in [3.05, 3.63) is 29.3 Å². The Bertz CT molecular complexity index is 416. The summed E-state index contributed by atoms with van der Waals surface area (Å²) < 4.78 is 5.23. The standard InChI is InChI=1S/C14H22N2O2/c1-10-5-6-13(18-4)12(9-10)14(17)16(3)8-7-11(2)15/h5-6,9,11H,7-8,15H2,1-4H3. The average Bonchev–Trinajstić information content (AvgIpc) is 2.34. The van der Waals surface area contributed by atoms with Crippen LogP contribution < -0.4 is 10.5 Å². The summed E-state index contributed by atoms with van der Waals surface area (Å²) in [6.45, 7) is 4.54. The van der Waals surface area contributed by atoms with Crippen LogP contribution in [0.5, 0.6) is 5.75 Å². The molecule has 18 heavy (non-hydrogen) atoms. The van der Waals surface area contributed by atoms with Gasteiger partial charge in [-0.25, -0.2) is 0 Å². The molecule has 1 rings (SSSR count). The third kappa shape index (κ3) is 3.74. The zero-order valence-corrected chi connectivity index (χ0v) is 11.6. The molecule has 1 unspecified atom stereocenters. The molecule has 1 atom stereocenters. The summed E-state index contributed by atoms with van der Waals surface area (Å²) in [5.41, 5.74) is 7.34. The van der Waals surface area contributed by atoms with Crippen molar-refractivity contribution in [2.75, 3.05) is 20.7 Å². The Kier molecular flexibility index (Phi) is 5.16. The first-order chi connectivity index (χ1) is 8.45. The lowest BCUT2D eigenvalue weighted by atomic mass is 10.1. The van der Waals surface area contributed by atoms with Gasteiger partial charge in [-0.2, -0.15) is 0 Å². The average molecular weight is 250 g/mol. The van der Waals surface area contributed by atoms with Gasteiger partial charge in [0, 0.05) is 19.6 Å². The SMILES string of the molecule is COc1ccc(C)cc1C(=O)N(C)CCC(C)N. The van der Waals surface area contributed by atoms with E-state index in [4.69, 9.17) is 10.5 Å². The van der Waals surface area contributed by atoms with Gasteiger partial charge >= 0.3 is 0 Å². The van der Waals surface area contributed by atoms with Crippen molar-refractivity contribution >= 4 is 5.91 Å². The van der Waals surface area contributed by atoms with Crippen LogP contribution in [0.3, 0.4) is 0 Å². The number of amides is 1. The van der Waals surface area contributed by atoms with Crippen molar-refractivity contribution in [2.24, 2.45) is 5.73 Å². The van der Waals surface area contributed by atoms with E-state index in [1.54, 1.807) is 19.1 Å². The fourth-order valence-electron chi connectivity index (χ4n) is 1.69. The van der Waals surface area contributed by atoms with Crippen LogP contribution in [0.1, 0.15) is 29.3 Å². The number of ether oxygens (including phenoxy) is 1. The van der Waals surface area contributed by atoms with Gasteiger partial charge < -0.3 is 15.4 Å². The van der Waals surface area contributed by atoms with E-state index < -0.39 is 0 Å². The van der Waals surface area contributed by atoms with Crippen LogP contribution in [0.15, 0.2) is 18.2 Å². The van der Waals surface area contributed by atoms with E-state index in [0.717, 1.165) is 12.0 Å². The maximum Gasteiger partial charge on any atom is 0.257 e. The molecular weight excluding hydrogens is 228 g/mol. The highest BCUT2D eigenvalue weighted by Crippen LogP contribution is 2.21. The molecule has 1 amide bonds. The second kappa shape index (κ2) is 6.40. The third-order valence-electron chi connectivity index (χ3n) is 2.85. The molecule has 100 valence electrons. The van der Waals surface area contributed by atoms with E-state index in [1.165, 1.54) is 0 Å². The maximum absolute atomic E-state index is 12.3. The lowest BCUT2D eigenvalue weighted by molar-refractivity contribution is 0.0788. The van der Waals surface area contributed by atoms with Crippen molar-refractivity contribution in [2.45, 2.75) is 26.3 Å². The number of nitrogens with zero attached hydrogens (tertiary/aromatic N) is 1. The maximum atomic E-state index is 12.3. The van der Waals surface area contributed by atoms with Crippen molar-refractivity contribution in [3.8, 4) is 5.75 Å². The van der Waals surface area contributed by atoms with Crippen LogP contribution in [0.4, 0.5) is 0 Å². The molecule has 0 heterocycles. The zero-order valence-electron chi connectivity index (χ0n) is 11.6. The molecular formula is C14H22N2O2. The predicted molar refractivity (Wildman–Crippen MR) is 73.0 cm³/mol. The first-order valence-electron chi connectivity index (χ1n) is 6.11. The van der Waals surface area contributed by atoms with Gasteiger partial charge in [0.2, 0.25) is 0 Å². The van der Waals surface area contributed by atoms with Gasteiger partial charge in [0.15, 0.2) is 0 Å². The van der Waals surface area contributed by atoms with Gasteiger partial charge in [-0.05, 0) is 32.4 Å². The second-order valence-corrected chi connectivity index (χ2v) is 4.70. The molecule has 1 aromatic rings. The third-order valence-corrected chi connectivity index (χ3v) is 2.85. The molecule has 0 aliphatic rings. The Morgan fingerprint density at radius 3 is 2.72 bits per heavy atom. The molecule has 0 radical (unpaired) electrons. The fourth-order valence-corrected chi connectivity index (χ4v) is 1.69. The van der Waals surface area contributed by atoms with Crippen molar-refractivity contribution in [1.29, 1.82) is 0 Å². The van der Waals surface area contributed by atoms with Gasteiger partial charge in [0.25, 0.3) is 5.91 Å². The van der Waals surface area contributed by atoms with Crippen molar-refractivity contribution < 1.29 is 9.53 Å². The summed E-state index contributed by atoms with van der Waals surface area (Å²) in [7, 11) is 3.36. The Morgan fingerprint density at radius 2 is 2.17 bits per heavy atom. The first kappa shape index (κ1) is 14.5. The molecule has 0 aliphatic heterocycles. The van der Waals surface area contributed by atoms with Crippen LogP contribution in [0.2, 0.25) is 0 Å². The molecule has 0 bridgehead atoms. The molecule has 2 N–H and O–H groups in total. The number of nitrogens with two attached hydrogens (primary N) is 1. The highest BCUT2D eigenvalue weighted by atomic mass is 16.5. The zero-order chi connectivity index (χ0) is 13.7. The van der Waals surface area contributed by atoms with E-state index in [-0.39, 0.29) is 11.9 Å². The van der Waals surface area contributed by atoms with Gasteiger partial charge in [-0.3, -0.25) is 4.79 Å². The van der Waals surface area contributed by atoms with Gasteiger partial charge in [0.05, 0.1) is 12.7 Å². The van der Waals surface area contributed by atoms with Crippen LogP contribution in [-0.2, 0) is 0 Å². The van der Waals surface area contributed by atoms with Crippen molar-refractivity contribution in [3.63, 3.8) is 0 Å². The van der Waals surface area contributed by atoms with Crippen LogP contribution in [0.25, 0.3) is 0 Å². The summed E-state index contributed by atoms with van der Waals surface area (Å²) in [5.74, 6) is 0.578. The fraction of sp³-hybridized carbons (Fsp3) is 0.500. The minimum absolute atomic E-state index is 0.0313. The Morgan fingerprint density at radius 1 is 1.50 bits per heavy atom. The number of methoxy groups -OCH3 is 1. The summed E-state index contributed by atoms with van der Waals surface area (Å²) in [6.07, 6.45) is 0.788. The topological polar surface area (TPSA) is 55.6 Å². The van der Waals surface area contributed by atoms with E-state index >= 15 is 0 Å². The molecule has 4 heteroatoms. The number of hydrogen-bond acceptors (Lipinski definition) is 3. The second-order valence-electron chi connectivity index (χ2n) is 4.70. The summed E-state index contributed by atoms with van der Waals surface area (Å²) in [5, 5.41) is 0. The van der Waals surface area contributed by atoms with E-state index in [1.807, 2.05) is 32.0 Å². The molecule has 4 nitrogen and oxygen atoms in total. The lowest BCUT2D eigenvalue weighted by Crippen LogP contribution is -2.31. The lowest BCUT2D eigenvalue weighted by Gasteiger charge is -2.19. The van der Waals surface area contributed by atoms with Crippen LogP contribution in [-0.4, -0.2) is 37.6 Å². The van der Waals surface area contributed by atoms with E-state index in [0.29, 0.717) is 17.9 Å². The normalized spacial score (nSPS) is 12.1. The number of carbonyl (C=O) groups excluding carboxylic acids is 1. The molecule has 0 fully saturated rings. The smallest absolute Gasteiger partial charge is 0.257 e. The number of rotatable bonds is 5. The Hall–Kier alpha value is -1.55. The van der Waals surface area contributed by atoms with E-state index in [9.17, 15) is 4.79 Å². The van der Waals surface area contributed by atoms with Crippen LogP contribution in [0, 0.1) is 6.92 Å². The summed E-state index contributed by atoms with van der Waals surface area (Å²) in [6, 6.07) is 5.70. The van der Waals surface area contributed by atoms with Gasteiger partial charge in [-0.1, -0.05) is 11.6 Å². The monoisotopic (exact) mass is 250 g/mol. The Labute approximate surface area is 109 Å². The first-order valence-corrected chi connectivity index (χ1v) is 6.11. The number of hydrogen-bond donors (Lipinski definition) is 1. The Balaban J connectivity index is 2.85. The molecule has 0 aromatic heterocycles. The number of benzene rings is 1. The van der Waals surface area contributed by atoms with Gasteiger partial charge in [0.1, 0.15) is 5.75 Å². The largest absolute Gasteiger partial charge is 0.496 e. The summed E-state index contributed by atoms with van der Waals surface area (Å²) in [4.78, 5) is 14.0. The number of aryl methyl sites for hydroxylation is 1. The summed E-state index contributed by atoms with van der Waals surface area (Å²) >= 11 is 0. The molecule has 0 saturated carbocycles. The van der Waals surface area contributed by atoms with Crippen molar-refractivity contribution in [1.82, 2.24) is 4.90 Å². The van der Waals surface area contributed by atoms with Gasteiger partial charge in [-0.15, -0.1) is 0 Å². The highest BCUT2D eigenvalue weighted by molar-refractivity contribution is 5.97. The minimum atomic E-state index is -0.0313. The predicted octanol–water partition coefficient (Wildman–Crippen LogP) is 1.81. The molecule has 1 aromatic carbocycles. The molecule has 0 saturated heterocycles.